The summed E-state index contributed by atoms with van der Waals surface area (Å²) in [5.41, 5.74) is 2.22. The number of aryl methyl sites for hydroxylation is 1. The van der Waals surface area contributed by atoms with Crippen molar-refractivity contribution < 1.29 is 9.18 Å². The summed E-state index contributed by atoms with van der Waals surface area (Å²) < 4.78 is 13.3. The zero-order chi connectivity index (χ0) is 14.2. The summed E-state index contributed by atoms with van der Waals surface area (Å²) in [6.45, 7) is 4.56. The molecular weight excluding hydrogens is 255 g/mol. The molecule has 0 saturated carbocycles. The molecule has 2 N–H and O–H groups in total. The summed E-state index contributed by atoms with van der Waals surface area (Å²) in [5.74, 6) is 0.260. The van der Waals surface area contributed by atoms with E-state index in [0.29, 0.717) is 18.9 Å². The first kappa shape index (κ1) is 13.6. The predicted octanol–water partition coefficient (Wildman–Crippen LogP) is 2.11. The van der Waals surface area contributed by atoms with Crippen molar-refractivity contribution >= 4 is 5.91 Å². The van der Waals surface area contributed by atoms with E-state index in [4.69, 9.17) is 0 Å². The molecule has 2 fully saturated rings. The van der Waals surface area contributed by atoms with Crippen LogP contribution in [0, 0.1) is 18.2 Å². The summed E-state index contributed by atoms with van der Waals surface area (Å²) in [6.07, 6.45) is 2.62. The van der Waals surface area contributed by atoms with Gasteiger partial charge in [-0.05, 0) is 61.5 Å². The van der Waals surface area contributed by atoms with Crippen LogP contribution in [0.25, 0.3) is 0 Å². The SMILES string of the molecule is Cc1cc(F)ccc1C1CNC(=O)CC12CCNCC2. The van der Waals surface area contributed by atoms with E-state index in [1.165, 1.54) is 11.6 Å². The van der Waals surface area contributed by atoms with Crippen LogP contribution in [0.1, 0.15) is 36.3 Å². The van der Waals surface area contributed by atoms with Gasteiger partial charge in [0.15, 0.2) is 0 Å². The molecule has 3 rings (SSSR count). The maximum absolute atomic E-state index is 13.3. The molecule has 20 heavy (non-hydrogen) atoms. The third kappa shape index (κ3) is 2.33. The van der Waals surface area contributed by atoms with Crippen LogP contribution in [0.4, 0.5) is 4.39 Å². The molecule has 1 aromatic rings. The topological polar surface area (TPSA) is 41.1 Å². The smallest absolute Gasteiger partial charge is 0.220 e. The Hall–Kier alpha value is -1.42. The van der Waals surface area contributed by atoms with E-state index in [1.54, 1.807) is 6.07 Å². The van der Waals surface area contributed by atoms with Crippen LogP contribution in [0.15, 0.2) is 18.2 Å². The molecule has 4 heteroatoms. The van der Waals surface area contributed by atoms with Gasteiger partial charge >= 0.3 is 0 Å². The zero-order valence-electron chi connectivity index (χ0n) is 11.8. The molecule has 0 radical (unpaired) electrons. The lowest BCUT2D eigenvalue weighted by Gasteiger charge is -2.47. The Morgan fingerprint density at radius 1 is 1.30 bits per heavy atom. The Morgan fingerprint density at radius 2 is 2.05 bits per heavy atom. The standard InChI is InChI=1S/C16H21FN2O/c1-11-8-12(17)2-3-13(11)14-10-19-15(20)9-16(14)4-6-18-7-5-16/h2-3,8,14,18H,4-7,9-10H2,1H3,(H,19,20). The van der Waals surface area contributed by atoms with Crippen LogP contribution >= 0.6 is 0 Å². The lowest BCUT2D eigenvalue weighted by molar-refractivity contribution is -0.127. The number of rotatable bonds is 1. The van der Waals surface area contributed by atoms with Crippen molar-refractivity contribution in [3.05, 3.63) is 35.1 Å². The Kier molecular flexibility index (Phi) is 3.50. The lowest BCUT2D eigenvalue weighted by atomic mass is 9.62. The summed E-state index contributed by atoms with van der Waals surface area (Å²) in [4.78, 5) is 11.9. The molecule has 108 valence electrons. The Morgan fingerprint density at radius 3 is 2.75 bits per heavy atom. The fourth-order valence-electron chi connectivity index (χ4n) is 3.86. The van der Waals surface area contributed by atoms with Gasteiger partial charge in [0.1, 0.15) is 5.82 Å². The monoisotopic (exact) mass is 276 g/mol. The van der Waals surface area contributed by atoms with Gasteiger partial charge < -0.3 is 10.6 Å². The lowest BCUT2D eigenvalue weighted by Crippen LogP contribution is -2.51. The molecule has 1 amide bonds. The van der Waals surface area contributed by atoms with Gasteiger partial charge in [0.05, 0.1) is 0 Å². The van der Waals surface area contributed by atoms with Crippen molar-refractivity contribution in [2.75, 3.05) is 19.6 Å². The third-order valence-electron chi connectivity index (χ3n) is 4.96. The Balaban J connectivity index is 1.98. The van der Waals surface area contributed by atoms with Gasteiger partial charge in [-0.3, -0.25) is 4.79 Å². The Bertz CT molecular complexity index is 523. The predicted molar refractivity (Wildman–Crippen MR) is 76.0 cm³/mol. The molecule has 0 aromatic heterocycles. The molecule has 1 unspecified atom stereocenters. The average molecular weight is 276 g/mol. The summed E-state index contributed by atoms with van der Waals surface area (Å²) in [5, 5.41) is 6.37. The van der Waals surface area contributed by atoms with Crippen LogP contribution in [-0.2, 0) is 4.79 Å². The molecule has 0 bridgehead atoms. The van der Waals surface area contributed by atoms with Gasteiger partial charge in [-0.1, -0.05) is 6.07 Å². The molecule has 2 heterocycles. The van der Waals surface area contributed by atoms with Gasteiger partial charge in [0, 0.05) is 18.9 Å². The van der Waals surface area contributed by atoms with E-state index >= 15 is 0 Å². The largest absolute Gasteiger partial charge is 0.355 e. The van der Waals surface area contributed by atoms with Crippen molar-refractivity contribution in [1.82, 2.24) is 10.6 Å². The fourth-order valence-corrected chi connectivity index (χ4v) is 3.86. The fraction of sp³-hybridized carbons (Fsp3) is 0.562. The number of hydrogen-bond acceptors (Lipinski definition) is 2. The molecule has 3 nitrogen and oxygen atoms in total. The average Bonchev–Trinajstić information content (AvgIpc) is 2.41. The van der Waals surface area contributed by atoms with Crippen LogP contribution in [-0.4, -0.2) is 25.5 Å². The minimum atomic E-state index is -0.189. The highest BCUT2D eigenvalue weighted by atomic mass is 19.1. The minimum absolute atomic E-state index is 0.0379. The maximum atomic E-state index is 13.3. The van der Waals surface area contributed by atoms with Crippen molar-refractivity contribution in [2.24, 2.45) is 5.41 Å². The van der Waals surface area contributed by atoms with E-state index in [0.717, 1.165) is 31.5 Å². The molecular formula is C16H21FN2O. The van der Waals surface area contributed by atoms with Crippen LogP contribution in [0.2, 0.25) is 0 Å². The summed E-state index contributed by atoms with van der Waals surface area (Å²) in [7, 11) is 0. The summed E-state index contributed by atoms with van der Waals surface area (Å²) >= 11 is 0. The first-order valence-corrected chi connectivity index (χ1v) is 7.34. The number of carbonyl (C=O) groups excluding carboxylic acids is 1. The van der Waals surface area contributed by atoms with Gasteiger partial charge in [-0.25, -0.2) is 4.39 Å². The third-order valence-corrected chi connectivity index (χ3v) is 4.96. The highest BCUT2D eigenvalue weighted by Gasteiger charge is 2.45. The van der Waals surface area contributed by atoms with Crippen molar-refractivity contribution in [2.45, 2.75) is 32.1 Å². The first-order chi connectivity index (χ1) is 9.61. The van der Waals surface area contributed by atoms with E-state index in [-0.39, 0.29) is 17.1 Å². The van der Waals surface area contributed by atoms with Crippen molar-refractivity contribution in [1.29, 1.82) is 0 Å². The van der Waals surface area contributed by atoms with Gasteiger partial charge in [-0.15, -0.1) is 0 Å². The second kappa shape index (κ2) is 5.17. The van der Waals surface area contributed by atoms with Crippen LogP contribution in [0.5, 0.6) is 0 Å². The number of amides is 1. The second-order valence-electron chi connectivity index (χ2n) is 6.15. The number of nitrogens with one attached hydrogen (secondary N) is 2. The molecule has 1 spiro atoms. The number of carbonyl (C=O) groups is 1. The van der Waals surface area contributed by atoms with Crippen molar-refractivity contribution in [3.8, 4) is 0 Å². The number of benzene rings is 1. The quantitative estimate of drug-likeness (QED) is 0.825. The molecule has 2 saturated heterocycles. The number of halogens is 1. The van der Waals surface area contributed by atoms with Gasteiger partial charge in [0.25, 0.3) is 0 Å². The number of hydrogen-bond donors (Lipinski definition) is 2. The highest BCUT2D eigenvalue weighted by molar-refractivity contribution is 5.78. The van der Waals surface area contributed by atoms with Gasteiger partial charge in [0.2, 0.25) is 5.91 Å². The second-order valence-corrected chi connectivity index (χ2v) is 6.15. The van der Waals surface area contributed by atoms with Crippen LogP contribution in [0.3, 0.4) is 0 Å². The maximum Gasteiger partial charge on any atom is 0.220 e. The molecule has 2 aliphatic rings. The van der Waals surface area contributed by atoms with E-state index in [2.05, 4.69) is 10.6 Å². The summed E-state index contributed by atoms with van der Waals surface area (Å²) in [6, 6.07) is 5.03. The highest BCUT2D eigenvalue weighted by Crippen LogP contribution is 2.48. The molecule has 1 atom stereocenters. The van der Waals surface area contributed by atoms with E-state index in [9.17, 15) is 9.18 Å². The molecule has 1 aromatic carbocycles. The van der Waals surface area contributed by atoms with Gasteiger partial charge in [-0.2, -0.15) is 0 Å². The number of piperidine rings is 2. The van der Waals surface area contributed by atoms with Crippen molar-refractivity contribution in [3.63, 3.8) is 0 Å². The minimum Gasteiger partial charge on any atom is -0.355 e. The molecule has 0 aliphatic carbocycles. The van der Waals surface area contributed by atoms with E-state index in [1.807, 2.05) is 13.0 Å². The van der Waals surface area contributed by atoms with Crippen LogP contribution < -0.4 is 10.6 Å². The first-order valence-electron chi connectivity index (χ1n) is 7.34. The van der Waals surface area contributed by atoms with E-state index < -0.39 is 0 Å². The Labute approximate surface area is 118 Å². The normalized spacial score (nSPS) is 25.5. The zero-order valence-corrected chi connectivity index (χ0v) is 11.8. The molecule has 2 aliphatic heterocycles.